The molecule has 1 atom stereocenters. The van der Waals surface area contributed by atoms with Crippen LogP contribution in [0.1, 0.15) is 28.8 Å². The molecule has 0 heterocycles. The van der Waals surface area contributed by atoms with Crippen molar-refractivity contribution in [2.75, 3.05) is 0 Å². The van der Waals surface area contributed by atoms with Crippen LogP contribution in [-0.4, -0.2) is 27.8 Å². The molecule has 7 heteroatoms. The molecular weight excluding hydrogens is 252 g/mol. The van der Waals surface area contributed by atoms with Crippen LogP contribution in [0.3, 0.4) is 0 Å². The lowest BCUT2D eigenvalue weighted by atomic mass is 9.99. The van der Waals surface area contributed by atoms with Crippen molar-refractivity contribution in [2.45, 2.75) is 25.8 Å². The number of aryl methyl sites for hydroxylation is 1. The third-order valence-corrected chi connectivity index (χ3v) is 2.70. The van der Waals surface area contributed by atoms with E-state index in [4.69, 9.17) is 10.8 Å². The molecule has 0 amide bonds. The molecule has 102 valence electrons. The van der Waals surface area contributed by atoms with E-state index >= 15 is 0 Å². The fourth-order valence-corrected chi connectivity index (χ4v) is 1.58. The van der Waals surface area contributed by atoms with E-state index in [0.717, 1.165) is 6.07 Å². The van der Waals surface area contributed by atoms with Crippen LogP contribution < -0.4 is 5.73 Å². The molecule has 0 spiro atoms. The number of nitrogens with two attached hydrogens (primary N) is 1. The molecule has 0 fully saturated rings. The molecule has 0 aromatic heterocycles. The van der Waals surface area contributed by atoms with Crippen LogP contribution in [0.15, 0.2) is 18.2 Å². The smallest absolute Gasteiger partial charge is 0.303 e. The zero-order valence-electron chi connectivity index (χ0n) is 10.3. The highest BCUT2D eigenvalue weighted by molar-refractivity contribution is 6.00. The summed E-state index contributed by atoms with van der Waals surface area (Å²) < 4.78 is 0. The number of Topliss-reactive ketones (excluding diaryl/α,β-unsaturated/α-hetero) is 1. The average Bonchev–Trinajstić information content (AvgIpc) is 2.35. The van der Waals surface area contributed by atoms with E-state index in [0.29, 0.717) is 5.56 Å². The molecule has 0 radical (unpaired) electrons. The Hall–Kier alpha value is -2.28. The van der Waals surface area contributed by atoms with Crippen molar-refractivity contribution in [3.05, 3.63) is 39.4 Å². The first-order valence-electron chi connectivity index (χ1n) is 5.59. The number of ketones is 1. The van der Waals surface area contributed by atoms with Crippen molar-refractivity contribution in [2.24, 2.45) is 5.73 Å². The van der Waals surface area contributed by atoms with Crippen LogP contribution in [0.5, 0.6) is 0 Å². The molecule has 1 unspecified atom stereocenters. The lowest BCUT2D eigenvalue weighted by molar-refractivity contribution is -0.385. The van der Waals surface area contributed by atoms with Gasteiger partial charge in [-0.25, -0.2) is 0 Å². The number of nitrogens with zero attached hydrogens (tertiary/aromatic N) is 1. The van der Waals surface area contributed by atoms with Gasteiger partial charge in [0.15, 0.2) is 5.78 Å². The number of carbonyl (C=O) groups is 2. The zero-order chi connectivity index (χ0) is 14.6. The summed E-state index contributed by atoms with van der Waals surface area (Å²) in [5, 5.41) is 19.3. The van der Waals surface area contributed by atoms with Gasteiger partial charge >= 0.3 is 5.97 Å². The highest BCUT2D eigenvalue weighted by Gasteiger charge is 2.20. The Morgan fingerprint density at radius 2 is 2.11 bits per heavy atom. The molecule has 0 saturated heterocycles. The number of nitro benzene ring substituents is 1. The minimum absolute atomic E-state index is 0.00413. The van der Waals surface area contributed by atoms with Gasteiger partial charge in [0, 0.05) is 23.6 Å². The van der Waals surface area contributed by atoms with Gasteiger partial charge in [-0.05, 0) is 13.3 Å². The highest BCUT2D eigenvalue weighted by atomic mass is 16.6. The third-order valence-electron chi connectivity index (χ3n) is 2.70. The second kappa shape index (κ2) is 6.05. The summed E-state index contributed by atoms with van der Waals surface area (Å²) in [5.41, 5.74) is 5.99. The molecule has 1 aromatic carbocycles. The predicted octanol–water partition coefficient (Wildman–Crippen LogP) is 1.28. The quantitative estimate of drug-likeness (QED) is 0.454. The van der Waals surface area contributed by atoms with Gasteiger partial charge in [-0.1, -0.05) is 12.1 Å². The van der Waals surface area contributed by atoms with Crippen LogP contribution in [-0.2, 0) is 4.79 Å². The number of carbonyl (C=O) groups excluding carboxylic acids is 1. The highest BCUT2D eigenvalue weighted by Crippen LogP contribution is 2.20. The third kappa shape index (κ3) is 3.85. The summed E-state index contributed by atoms with van der Waals surface area (Å²) in [6, 6.07) is 3.11. The van der Waals surface area contributed by atoms with Gasteiger partial charge in [-0.2, -0.15) is 0 Å². The molecular formula is C12H14N2O5. The monoisotopic (exact) mass is 266 g/mol. The lowest BCUT2D eigenvalue weighted by Gasteiger charge is -2.09. The summed E-state index contributed by atoms with van der Waals surface area (Å²) >= 11 is 0. The van der Waals surface area contributed by atoms with Crippen molar-refractivity contribution < 1.29 is 19.6 Å². The van der Waals surface area contributed by atoms with E-state index in [9.17, 15) is 19.7 Å². The molecule has 3 N–H and O–H groups in total. The Morgan fingerprint density at radius 3 is 2.63 bits per heavy atom. The summed E-state index contributed by atoms with van der Waals surface area (Å²) in [4.78, 5) is 32.5. The lowest BCUT2D eigenvalue weighted by Crippen LogP contribution is -2.31. The van der Waals surface area contributed by atoms with E-state index in [-0.39, 0.29) is 24.1 Å². The van der Waals surface area contributed by atoms with Crippen molar-refractivity contribution in [3.63, 3.8) is 0 Å². The molecule has 0 aliphatic heterocycles. The van der Waals surface area contributed by atoms with Crippen LogP contribution in [0.2, 0.25) is 0 Å². The Balaban J connectivity index is 2.91. The van der Waals surface area contributed by atoms with Crippen molar-refractivity contribution in [1.82, 2.24) is 0 Å². The van der Waals surface area contributed by atoms with Crippen LogP contribution in [0, 0.1) is 17.0 Å². The maximum atomic E-state index is 11.9. The Labute approximate surface area is 109 Å². The van der Waals surface area contributed by atoms with E-state index in [2.05, 4.69) is 0 Å². The minimum Gasteiger partial charge on any atom is -0.481 e. The Morgan fingerprint density at radius 1 is 1.47 bits per heavy atom. The molecule has 0 aliphatic carbocycles. The molecule has 1 aromatic rings. The van der Waals surface area contributed by atoms with Gasteiger partial charge in [0.2, 0.25) is 0 Å². The second-order valence-corrected chi connectivity index (χ2v) is 4.16. The fraction of sp³-hybridized carbons (Fsp3) is 0.333. The molecule has 0 aliphatic rings. The minimum atomic E-state index is -1.04. The first-order chi connectivity index (χ1) is 8.82. The predicted molar refractivity (Wildman–Crippen MR) is 67.0 cm³/mol. The van der Waals surface area contributed by atoms with Gasteiger partial charge in [-0.3, -0.25) is 19.7 Å². The number of carboxylic acid groups (broad SMARTS) is 1. The van der Waals surface area contributed by atoms with Crippen molar-refractivity contribution in [1.29, 1.82) is 0 Å². The number of benzene rings is 1. The van der Waals surface area contributed by atoms with E-state index < -0.39 is 22.7 Å². The number of rotatable bonds is 6. The number of hydrogen-bond donors (Lipinski definition) is 2. The summed E-state index contributed by atoms with van der Waals surface area (Å²) in [6.45, 7) is 1.57. The van der Waals surface area contributed by atoms with Crippen molar-refractivity contribution in [3.8, 4) is 0 Å². The molecule has 19 heavy (non-hydrogen) atoms. The fourth-order valence-electron chi connectivity index (χ4n) is 1.58. The maximum absolute atomic E-state index is 11.9. The van der Waals surface area contributed by atoms with Crippen LogP contribution in [0.4, 0.5) is 5.69 Å². The van der Waals surface area contributed by atoms with Gasteiger partial charge in [0.25, 0.3) is 5.69 Å². The maximum Gasteiger partial charge on any atom is 0.303 e. The first-order valence-corrected chi connectivity index (χ1v) is 5.59. The molecule has 7 nitrogen and oxygen atoms in total. The number of hydrogen-bond acceptors (Lipinski definition) is 5. The van der Waals surface area contributed by atoms with Crippen molar-refractivity contribution >= 4 is 17.4 Å². The summed E-state index contributed by atoms with van der Waals surface area (Å²) in [5.74, 6) is -1.54. The van der Waals surface area contributed by atoms with E-state index in [1.807, 2.05) is 0 Å². The topological polar surface area (TPSA) is 124 Å². The second-order valence-electron chi connectivity index (χ2n) is 4.16. The van der Waals surface area contributed by atoms with Gasteiger partial charge in [-0.15, -0.1) is 0 Å². The summed E-state index contributed by atoms with van der Waals surface area (Å²) in [7, 11) is 0. The Kier molecular flexibility index (Phi) is 4.71. The largest absolute Gasteiger partial charge is 0.481 e. The number of aliphatic carboxylic acids is 1. The van der Waals surface area contributed by atoms with E-state index in [1.165, 1.54) is 12.1 Å². The normalized spacial score (nSPS) is 11.9. The zero-order valence-corrected chi connectivity index (χ0v) is 10.3. The SMILES string of the molecule is Cc1ccc(C(=O)C(N)CCC(=O)O)cc1[N+](=O)[O-]. The van der Waals surface area contributed by atoms with Crippen LogP contribution >= 0.6 is 0 Å². The molecule has 0 bridgehead atoms. The van der Waals surface area contributed by atoms with E-state index in [1.54, 1.807) is 6.92 Å². The van der Waals surface area contributed by atoms with Gasteiger partial charge in [0.05, 0.1) is 11.0 Å². The van der Waals surface area contributed by atoms with Crippen LogP contribution in [0.25, 0.3) is 0 Å². The standard InChI is InChI=1S/C12H14N2O5/c1-7-2-3-8(6-10(7)14(18)19)12(17)9(13)4-5-11(15)16/h2-3,6,9H,4-5,13H2,1H3,(H,15,16). The molecule has 0 saturated carbocycles. The first kappa shape index (κ1) is 14.8. The Bertz CT molecular complexity index is 527. The molecule has 1 rings (SSSR count). The average molecular weight is 266 g/mol. The van der Waals surface area contributed by atoms with Gasteiger partial charge < -0.3 is 10.8 Å². The number of nitro groups is 1. The number of carboxylic acids is 1. The summed E-state index contributed by atoms with van der Waals surface area (Å²) in [6.07, 6.45) is -0.225. The van der Waals surface area contributed by atoms with Gasteiger partial charge in [0.1, 0.15) is 0 Å².